The summed E-state index contributed by atoms with van der Waals surface area (Å²) in [4.78, 5) is 16.3. The van der Waals surface area contributed by atoms with Gasteiger partial charge in [-0.2, -0.15) is 0 Å². The van der Waals surface area contributed by atoms with E-state index in [0.717, 1.165) is 5.56 Å². The molecule has 1 amide bonds. The highest BCUT2D eigenvalue weighted by Crippen LogP contribution is 2.17. The van der Waals surface area contributed by atoms with Crippen LogP contribution in [0.4, 0.5) is 0 Å². The molecule has 0 fully saturated rings. The molecule has 122 valence electrons. The van der Waals surface area contributed by atoms with Gasteiger partial charge < -0.3 is 15.6 Å². The van der Waals surface area contributed by atoms with Crippen molar-refractivity contribution in [2.24, 2.45) is 5.73 Å². The van der Waals surface area contributed by atoms with Crippen LogP contribution in [0.3, 0.4) is 0 Å². The van der Waals surface area contributed by atoms with Gasteiger partial charge in [0.15, 0.2) is 0 Å². The van der Waals surface area contributed by atoms with Gasteiger partial charge in [-0.25, -0.2) is 4.98 Å². The average Bonchev–Trinajstić information content (AvgIpc) is 2.92. The van der Waals surface area contributed by atoms with Crippen LogP contribution in [0.15, 0.2) is 49.1 Å². The number of aromatic nitrogens is 2. The normalized spacial score (nSPS) is 14.0. The van der Waals surface area contributed by atoms with E-state index in [1.165, 1.54) is 0 Å². The van der Waals surface area contributed by atoms with Gasteiger partial charge in [0.25, 0.3) is 0 Å². The van der Waals surface area contributed by atoms with Crippen molar-refractivity contribution in [1.82, 2.24) is 14.9 Å². The second-order valence-electron chi connectivity index (χ2n) is 5.20. The fourth-order valence-corrected chi connectivity index (χ4v) is 2.05. The van der Waals surface area contributed by atoms with E-state index in [1.807, 2.05) is 48.0 Å². The maximum atomic E-state index is 12.3. The lowest BCUT2D eigenvalue weighted by Gasteiger charge is -2.26. The van der Waals surface area contributed by atoms with E-state index in [9.17, 15) is 4.79 Å². The van der Waals surface area contributed by atoms with Gasteiger partial charge in [-0.05, 0) is 19.4 Å². The Morgan fingerprint density at radius 3 is 2.55 bits per heavy atom. The molecule has 0 aliphatic heterocycles. The maximum Gasteiger partial charge on any atom is 0.244 e. The summed E-state index contributed by atoms with van der Waals surface area (Å²) >= 11 is 0. The number of nitrogens with two attached hydrogens (primary N) is 1. The molecular formula is C15H22Cl2N4O. The Hall–Kier alpha value is -1.56. The summed E-state index contributed by atoms with van der Waals surface area (Å²) in [5.74, 6) is -0.184. The molecule has 2 unspecified atom stereocenters. The maximum absolute atomic E-state index is 12.3. The molecule has 1 heterocycles. The van der Waals surface area contributed by atoms with E-state index in [0.29, 0.717) is 6.54 Å². The van der Waals surface area contributed by atoms with Crippen LogP contribution in [0.5, 0.6) is 0 Å². The van der Waals surface area contributed by atoms with Crippen molar-refractivity contribution in [1.29, 1.82) is 0 Å². The summed E-state index contributed by atoms with van der Waals surface area (Å²) in [6.45, 7) is 4.33. The van der Waals surface area contributed by atoms with Gasteiger partial charge in [-0.15, -0.1) is 24.8 Å². The number of carbonyl (C=O) groups excluding carboxylic acids is 1. The predicted octanol–water partition coefficient (Wildman–Crippen LogP) is 2.11. The monoisotopic (exact) mass is 344 g/mol. The summed E-state index contributed by atoms with van der Waals surface area (Å²) in [6.07, 6.45) is 5.30. The third kappa shape index (κ3) is 5.02. The first kappa shape index (κ1) is 20.4. The zero-order valence-corrected chi connectivity index (χ0v) is 14.2. The smallest absolute Gasteiger partial charge is 0.244 e. The fourth-order valence-electron chi connectivity index (χ4n) is 2.05. The van der Waals surface area contributed by atoms with E-state index >= 15 is 0 Å². The van der Waals surface area contributed by atoms with Crippen LogP contribution in [0.2, 0.25) is 0 Å². The quantitative estimate of drug-likeness (QED) is 0.872. The second kappa shape index (κ2) is 8.78. The van der Waals surface area contributed by atoms with Crippen LogP contribution in [0.25, 0.3) is 0 Å². The number of benzene rings is 1. The Bertz CT molecular complexity index is 558. The lowest BCUT2D eigenvalue weighted by atomic mass is 9.92. The third-order valence-corrected chi connectivity index (χ3v) is 3.27. The SMILES string of the molecule is CC(Cn1ccnc1)NC(=O)C(C)(N)c1ccccc1.Cl.Cl. The third-order valence-electron chi connectivity index (χ3n) is 3.27. The Kier molecular flexibility index (Phi) is 8.16. The fraction of sp³-hybridized carbons (Fsp3) is 0.333. The molecular weight excluding hydrogens is 323 g/mol. The number of nitrogens with one attached hydrogen (secondary N) is 1. The first-order valence-electron chi connectivity index (χ1n) is 6.61. The highest BCUT2D eigenvalue weighted by molar-refractivity contribution is 5.87. The van der Waals surface area contributed by atoms with Crippen molar-refractivity contribution in [3.05, 3.63) is 54.6 Å². The average molecular weight is 345 g/mol. The zero-order valence-electron chi connectivity index (χ0n) is 12.6. The Morgan fingerprint density at radius 1 is 1.36 bits per heavy atom. The summed E-state index contributed by atoms with van der Waals surface area (Å²) in [5, 5.41) is 2.94. The number of imidazole rings is 1. The molecule has 2 rings (SSSR count). The van der Waals surface area contributed by atoms with Gasteiger partial charge in [-0.1, -0.05) is 30.3 Å². The van der Waals surface area contributed by atoms with Gasteiger partial charge in [0, 0.05) is 25.0 Å². The van der Waals surface area contributed by atoms with Gasteiger partial charge >= 0.3 is 0 Å². The summed E-state index contributed by atoms with van der Waals surface area (Å²) in [7, 11) is 0. The topological polar surface area (TPSA) is 72.9 Å². The first-order valence-corrected chi connectivity index (χ1v) is 6.61. The van der Waals surface area contributed by atoms with Crippen molar-refractivity contribution in [3.63, 3.8) is 0 Å². The Balaban J connectivity index is 0.00000220. The number of halogens is 2. The van der Waals surface area contributed by atoms with E-state index in [4.69, 9.17) is 5.73 Å². The number of hydrogen-bond donors (Lipinski definition) is 2. The Labute approximate surface area is 143 Å². The largest absolute Gasteiger partial charge is 0.350 e. The first-order chi connectivity index (χ1) is 9.50. The van der Waals surface area contributed by atoms with Crippen LogP contribution in [-0.2, 0) is 16.9 Å². The number of rotatable bonds is 5. The molecule has 0 saturated carbocycles. The highest BCUT2D eigenvalue weighted by atomic mass is 35.5. The molecule has 2 atom stereocenters. The van der Waals surface area contributed by atoms with Gasteiger partial charge in [0.2, 0.25) is 5.91 Å². The van der Waals surface area contributed by atoms with E-state index in [-0.39, 0.29) is 36.8 Å². The molecule has 7 heteroatoms. The van der Waals surface area contributed by atoms with Crippen LogP contribution in [0, 0.1) is 0 Å². The van der Waals surface area contributed by atoms with Gasteiger partial charge in [-0.3, -0.25) is 4.79 Å². The number of carbonyl (C=O) groups is 1. The van der Waals surface area contributed by atoms with Crippen LogP contribution < -0.4 is 11.1 Å². The zero-order chi connectivity index (χ0) is 14.6. The van der Waals surface area contributed by atoms with Crippen LogP contribution in [-0.4, -0.2) is 21.5 Å². The lowest BCUT2D eigenvalue weighted by Crippen LogP contribution is -2.52. The molecule has 0 aliphatic carbocycles. The van der Waals surface area contributed by atoms with Crippen molar-refractivity contribution >= 4 is 30.7 Å². The standard InChI is InChI=1S/C15H20N4O.2ClH/c1-12(10-19-9-8-17-11-19)18-14(20)15(2,16)13-6-4-3-5-7-13;;/h3-9,11-12H,10,16H2,1-2H3,(H,18,20);2*1H. The molecule has 3 N–H and O–H groups in total. The Morgan fingerprint density at radius 2 is 2.00 bits per heavy atom. The minimum absolute atomic E-state index is 0. The van der Waals surface area contributed by atoms with Gasteiger partial charge in [0.05, 0.1) is 6.33 Å². The predicted molar refractivity (Wildman–Crippen MR) is 92.3 cm³/mol. The summed E-state index contributed by atoms with van der Waals surface area (Å²) in [6, 6.07) is 9.35. The summed E-state index contributed by atoms with van der Waals surface area (Å²) < 4.78 is 1.92. The second-order valence-corrected chi connectivity index (χ2v) is 5.20. The van der Waals surface area contributed by atoms with Crippen molar-refractivity contribution in [2.75, 3.05) is 0 Å². The molecule has 0 aliphatic rings. The summed E-state index contributed by atoms with van der Waals surface area (Å²) in [5.41, 5.74) is 5.93. The molecule has 0 radical (unpaired) electrons. The van der Waals surface area contributed by atoms with E-state index in [1.54, 1.807) is 19.4 Å². The van der Waals surface area contributed by atoms with Crippen molar-refractivity contribution in [3.8, 4) is 0 Å². The molecule has 0 saturated heterocycles. The minimum atomic E-state index is -1.04. The molecule has 22 heavy (non-hydrogen) atoms. The number of nitrogens with zero attached hydrogens (tertiary/aromatic N) is 2. The molecule has 1 aromatic carbocycles. The number of amides is 1. The number of hydrogen-bond acceptors (Lipinski definition) is 3. The van der Waals surface area contributed by atoms with Gasteiger partial charge in [0.1, 0.15) is 5.54 Å². The molecule has 0 spiro atoms. The molecule has 1 aromatic heterocycles. The van der Waals surface area contributed by atoms with E-state index < -0.39 is 5.54 Å². The minimum Gasteiger partial charge on any atom is -0.350 e. The highest BCUT2D eigenvalue weighted by Gasteiger charge is 2.31. The lowest BCUT2D eigenvalue weighted by molar-refractivity contribution is -0.126. The van der Waals surface area contributed by atoms with Crippen molar-refractivity contribution < 1.29 is 4.79 Å². The van der Waals surface area contributed by atoms with Crippen LogP contribution in [0.1, 0.15) is 19.4 Å². The molecule has 0 bridgehead atoms. The van der Waals surface area contributed by atoms with Crippen LogP contribution >= 0.6 is 24.8 Å². The van der Waals surface area contributed by atoms with E-state index in [2.05, 4.69) is 10.3 Å². The van der Waals surface area contributed by atoms with Crippen molar-refractivity contribution in [2.45, 2.75) is 32.0 Å². The molecule has 5 nitrogen and oxygen atoms in total. The molecule has 2 aromatic rings.